The van der Waals surface area contributed by atoms with Crippen LogP contribution in [0.2, 0.25) is 0 Å². The van der Waals surface area contributed by atoms with E-state index in [1.165, 1.54) is 48.4 Å². The lowest BCUT2D eigenvalue weighted by atomic mass is 10.1. The second-order valence-electron chi connectivity index (χ2n) is 12.3. The molecule has 6 atom stereocenters. The van der Waals surface area contributed by atoms with Crippen LogP contribution in [0.15, 0.2) is 102 Å². The third-order valence-corrected chi connectivity index (χ3v) is 15.6. The molecule has 0 N–H and O–H groups in total. The number of carbonyl (C=O) groups is 3. The maximum absolute atomic E-state index is 11.2. The molecule has 6 nitrogen and oxygen atoms in total. The molecule has 0 bridgehead atoms. The molecule has 3 fully saturated rings. The van der Waals surface area contributed by atoms with E-state index in [1.807, 2.05) is 71.7 Å². The minimum absolute atomic E-state index is 0. The van der Waals surface area contributed by atoms with E-state index in [0.717, 1.165) is 36.1 Å². The van der Waals surface area contributed by atoms with Crippen molar-refractivity contribution < 1.29 is 86.3 Å². The molecule has 0 aliphatic carbocycles. The van der Waals surface area contributed by atoms with Crippen LogP contribution in [0.5, 0.6) is 0 Å². The average Bonchev–Trinajstić information content (AvgIpc) is 3.95. The van der Waals surface area contributed by atoms with Gasteiger partial charge in [-0.05, 0) is 48.7 Å². The van der Waals surface area contributed by atoms with Gasteiger partial charge in [-0.2, -0.15) is 0 Å². The zero-order valence-corrected chi connectivity index (χ0v) is 43.7. The number of aldehydes is 3. The molecule has 6 aliphatic rings. The zero-order chi connectivity index (χ0) is 35.5. The summed E-state index contributed by atoms with van der Waals surface area (Å²) in [5, 5.41) is 8.08. The van der Waals surface area contributed by atoms with Crippen LogP contribution in [0.25, 0.3) is 18.2 Å². The molecule has 6 heterocycles. The fraction of sp³-hybridized carbons (Fsp3) is 0.231. The molecule has 0 amide bonds. The fourth-order valence-electron chi connectivity index (χ4n) is 7.12. The molecule has 9 rings (SSSR count). The van der Waals surface area contributed by atoms with Gasteiger partial charge in [-0.1, -0.05) is 139 Å². The van der Waals surface area contributed by atoms with Crippen molar-refractivity contribution in [2.75, 3.05) is 17.3 Å². The van der Waals surface area contributed by atoms with E-state index >= 15 is 0 Å². The highest BCUT2D eigenvalue weighted by atomic mass is 127. The minimum atomic E-state index is 0. The Bertz CT molecular complexity index is 2140. The van der Waals surface area contributed by atoms with Gasteiger partial charge in [0.05, 0.1) is 17.3 Å². The van der Waals surface area contributed by atoms with Gasteiger partial charge < -0.3 is 71.9 Å². The maximum Gasteiger partial charge on any atom is 0.226 e. The Labute approximate surface area is 418 Å². The molecule has 0 saturated carbocycles. The molecule has 15 heteroatoms. The minimum Gasteiger partial charge on any atom is -1.00 e. The van der Waals surface area contributed by atoms with Crippen LogP contribution in [0.4, 0.5) is 0 Å². The van der Waals surface area contributed by atoms with Crippen LogP contribution in [0.3, 0.4) is 0 Å². The number of para-hydroxylation sites is 3. The third kappa shape index (κ3) is 9.52. The van der Waals surface area contributed by atoms with Crippen molar-refractivity contribution in [1.29, 1.82) is 0 Å². The van der Waals surface area contributed by atoms with Crippen LogP contribution in [0.1, 0.15) is 0 Å². The Morgan fingerprint density at radius 2 is 0.722 bits per heavy atom. The van der Waals surface area contributed by atoms with Crippen molar-refractivity contribution in [1.82, 2.24) is 13.7 Å². The van der Waals surface area contributed by atoms with Gasteiger partial charge in [0.2, 0.25) is 50.3 Å². The standard InChI is InChI=1S/3C13H11INOS.3HI/c3*14-6-10-5-9-3-1-2-4-12(9)15-11(7-16)8-17-13(10)15;;;/h3*1-7,11,13H,8H2;3*1H/q3*+1;;;/p-3. The first-order valence-corrected chi connectivity index (χ1v) is 23.2. The normalized spacial score (nSPS) is 26.9. The summed E-state index contributed by atoms with van der Waals surface area (Å²) in [5.41, 5.74) is 3.87. The first-order chi connectivity index (χ1) is 25.0. The summed E-state index contributed by atoms with van der Waals surface area (Å²) in [7, 11) is 0. The highest BCUT2D eigenvalue weighted by Crippen LogP contribution is 2.32. The topological polar surface area (TPSA) is 60.2 Å². The monoisotopic (exact) mass is 1450 g/mol. The van der Waals surface area contributed by atoms with Gasteiger partial charge in [-0.15, -0.1) is 0 Å². The molecule has 0 spiro atoms. The van der Waals surface area contributed by atoms with Gasteiger partial charge in [-0.25, -0.2) is 13.7 Å². The third-order valence-electron chi connectivity index (χ3n) is 9.42. The molecule has 6 unspecified atom stereocenters. The first kappa shape index (κ1) is 47.0. The van der Waals surface area contributed by atoms with Gasteiger partial charge in [-0.3, -0.25) is 14.4 Å². The number of nitrogens with zero attached hydrogens (tertiary/aromatic N) is 3. The summed E-state index contributed by atoms with van der Waals surface area (Å²) in [6.45, 7) is 0. The molecule has 3 saturated heterocycles. The molecule has 6 aliphatic heterocycles. The summed E-state index contributed by atoms with van der Waals surface area (Å²) in [6.07, 6.45) is 9.88. The van der Waals surface area contributed by atoms with Gasteiger partial charge >= 0.3 is 0 Å². The number of thioether (sulfide) groups is 3. The highest BCUT2D eigenvalue weighted by Gasteiger charge is 2.43. The van der Waals surface area contributed by atoms with Crippen LogP contribution >= 0.6 is 103 Å². The van der Waals surface area contributed by atoms with E-state index in [2.05, 4.69) is 148 Å². The SMILES string of the molecule is O=CC1CSC2C(=CI)C=c3ccccc3=[N+]12.O=CC1CSC2C(=CI)C=c3ccccc3=[N+]12.O=CC1CSC2C(=CI)C=c3ccccc3=[N+]12.[I-].[I-].[I-]. The molecule has 0 aromatic heterocycles. The van der Waals surface area contributed by atoms with Gasteiger partial charge in [0, 0.05) is 50.6 Å². The number of carbonyl (C=O) groups excluding carboxylic acids is 3. The van der Waals surface area contributed by atoms with Crippen molar-refractivity contribution >= 4 is 140 Å². The number of rotatable bonds is 3. The lowest BCUT2D eigenvalue weighted by Gasteiger charge is -2.13. The van der Waals surface area contributed by atoms with Crippen molar-refractivity contribution in [2.45, 2.75) is 34.2 Å². The molecule has 282 valence electrons. The molecule has 54 heavy (non-hydrogen) atoms. The molecule has 0 radical (unpaired) electrons. The van der Waals surface area contributed by atoms with Crippen LogP contribution in [-0.2, 0) is 14.4 Å². The smallest absolute Gasteiger partial charge is 0.226 e. The van der Waals surface area contributed by atoms with Crippen LogP contribution < -0.4 is 117 Å². The maximum atomic E-state index is 11.2. The largest absolute Gasteiger partial charge is 1.00 e. The molecule has 3 aromatic carbocycles. The summed E-state index contributed by atoms with van der Waals surface area (Å²) in [4.78, 5) is 33.5. The number of benzene rings is 3. The van der Waals surface area contributed by atoms with E-state index in [4.69, 9.17) is 0 Å². The summed E-state index contributed by atoms with van der Waals surface area (Å²) in [6, 6.07) is 24.9. The zero-order valence-electron chi connectivity index (χ0n) is 28.3. The summed E-state index contributed by atoms with van der Waals surface area (Å²) < 4.78 is 13.1. The predicted octanol–water partition coefficient (Wildman–Crippen LogP) is -6.19. The number of fused-ring (bicyclic) bond motifs is 6. The molecular weight excluding hydrogens is 1420 g/mol. The van der Waals surface area contributed by atoms with E-state index in [-0.39, 0.29) is 90.1 Å². The summed E-state index contributed by atoms with van der Waals surface area (Å²) in [5.74, 6) is 2.64. The van der Waals surface area contributed by atoms with Crippen LogP contribution in [0, 0.1) is 0 Å². The molecule has 3 aromatic rings. The Morgan fingerprint density at radius 1 is 0.463 bits per heavy atom. The Kier molecular flexibility index (Phi) is 19.2. The first-order valence-electron chi connectivity index (χ1n) is 16.3. The van der Waals surface area contributed by atoms with E-state index in [0.29, 0.717) is 16.1 Å². The lowest BCUT2D eigenvalue weighted by molar-refractivity contribution is -0.110. The van der Waals surface area contributed by atoms with E-state index < -0.39 is 0 Å². The van der Waals surface area contributed by atoms with Gasteiger partial charge in [0.1, 0.15) is 0 Å². The van der Waals surface area contributed by atoms with Gasteiger partial charge in [0.25, 0.3) is 0 Å². The van der Waals surface area contributed by atoms with Gasteiger partial charge in [0.15, 0.2) is 18.9 Å². The van der Waals surface area contributed by atoms with Crippen LogP contribution in [-0.4, -0.2) is 70.4 Å². The van der Waals surface area contributed by atoms with Crippen molar-refractivity contribution in [2.24, 2.45) is 0 Å². The lowest BCUT2D eigenvalue weighted by Crippen LogP contribution is -3.00. The second kappa shape index (κ2) is 22.1. The van der Waals surface area contributed by atoms with E-state index in [9.17, 15) is 14.4 Å². The summed E-state index contributed by atoms with van der Waals surface area (Å²) >= 11 is 12.4. The number of hydrogen-bond donors (Lipinski definition) is 0. The Hall–Kier alpha value is 0.330. The predicted molar refractivity (Wildman–Crippen MR) is 239 cm³/mol. The quantitative estimate of drug-likeness (QED) is 0.148. The highest BCUT2D eigenvalue weighted by molar-refractivity contribution is 14.1. The number of hydrogen-bond acceptors (Lipinski definition) is 6. The van der Waals surface area contributed by atoms with E-state index in [1.54, 1.807) is 0 Å². The molecular formula is C39H33I6N3O3S3. The second-order valence-corrected chi connectivity index (χ2v) is 17.5. The van der Waals surface area contributed by atoms with Crippen molar-refractivity contribution in [3.05, 3.63) is 133 Å². The van der Waals surface area contributed by atoms with Crippen molar-refractivity contribution in [3.63, 3.8) is 0 Å². The number of halogens is 6. The fourth-order valence-corrected chi connectivity index (χ4v) is 13.5. The Morgan fingerprint density at radius 3 is 0.963 bits per heavy atom. The van der Waals surface area contributed by atoms with Crippen molar-refractivity contribution in [3.8, 4) is 0 Å². The average molecular weight is 1450 g/mol. The Balaban J connectivity index is 0.000000176.